The van der Waals surface area contributed by atoms with Crippen LogP contribution < -0.4 is 18.9 Å². The van der Waals surface area contributed by atoms with Gasteiger partial charge in [0.15, 0.2) is 0 Å². The number of allylic oxidation sites excluding steroid dienone is 2. The highest BCUT2D eigenvalue weighted by molar-refractivity contribution is 5.81. The molecule has 0 saturated heterocycles. The fourth-order valence-electron chi connectivity index (χ4n) is 4.50. The van der Waals surface area contributed by atoms with Crippen LogP contribution in [0.25, 0.3) is 11.1 Å². The topological polar surface area (TPSA) is 36.9 Å². The highest BCUT2D eigenvalue weighted by Crippen LogP contribution is 2.30. The summed E-state index contributed by atoms with van der Waals surface area (Å²) in [7, 11) is 6.76. The van der Waals surface area contributed by atoms with Crippen LogP contribution in [0, 0.1) is 0 Å². The van der Waals surface area contributed by atoms with Gasteiger partial charge in [-0.1, -0.05) is 60.7 Å². The zero-order valence-corrected chi connectivity index (χ0v) is 23.1. The molecule has 4 aromatic rings. The average Bonchev–Trinajstić information content (AvgIpc) is 3.01. The molecule has 0 N–H and O–H groups in total. The van der Waals surface area contributed by atoms with Crippen molar-refractivity contribution in [3.05, 3.63) is 131 Å². The summed E-state index contributed by atoms with van der Waals surface area (Å²) in [6.45, 7) is 0. The van der Waals surface area contributed by atoms with Crippen molar-refractivity contribution in [2.24, 2.45) is 0 Å². The van der Waals surface area contributed by atoms with Gasteiger partial charge in [-0.3, -0.25) is 0 Å². The molecule has 0 radical (unpaired) electrons. The second kappa shape index (κ2) is 13.9. The first kappa shape index (κ1) is 27.6. The molecule has 39 heavy (non-hydrogen) atoms. The molecule has 4 aromatic carbocycles. The third-order valence-corrected chi connectivity index (χ3v) is 6.71. The monoisotopic (exact) mass is 520 g/mol. The lowest BCUT2D eigenvalue weighted by molar-refractivity contribution is 0.414. The van der Waals surface area contributed by atoms with Gasteiger partial charge in [0.1, 0.15) is 23.0 Å². The van der Waals surface area contributed by atoms with E-state index in [1.807, 2.05) is 48.5 Å². The summed E-state index contributed by atoms with van der Waals surface area (Å²) in [6.07, 6.45) is 7.58. The Morgan fingerprint density at radius 3 is 0.846 bits per heavy atom. The van der Waals surface area contributed by atoms with E-state index in [0.717, 1.165) is 64.5 Å². The summed E-state index contributed by atoms with van der Waals surface area (Å²) in [5.41, 5.74) is 7.05. The Morgan fingerprint density at radius 2 is 0.641 bits per heavy atom. The molecule has 200 valence electrons. The van der Waals surface area contributed by atoms with Crippen LogP contribution in [0.1, 0.15) is 41.5 Å². The predicted molar refractivity (Wildman–Crippen MR) is 160 cm³/mol. The Labute approximate surface area is 232 Å². The lowest BCUT2D eigenvalue weighted by Gasteiger charge is -2.12. The fraction of sp³-hybridized carbons (Fsp3) is 0.200. The fourth-order valence-corrected chi connectivity index (χ4v) is 4.50. The molecule has 0 aliphatic carbocycles. The van der Waals surface area contributed by atoms with Crippen molar-refractivity contribution in [2.45, 2.75) is 19.3 Å². The zero-order chi connectivity index (χ0) is 27.5. The Balaban J connectivity index is 1.55. The predicted octanol–water partition coefficient (Wildman–Crippen LogP) is 8.45. The quantitative estimate of drug-likeness (QED) is 0.176. The van der Waals surface area contributed by atoms with E-state index >= 15 is 0 Å². The minimum atomic E-state index is 0.850. The number of unbranched alkanes of at least 4 members (excludes halogenated alkanes) is 2. The summed E-state index contributed by atoms with van der Waals surface area (Å²) in [6, 6.07) is 32.9. The van der Waals surface area contributed by atoms with Gasteiger partial charge >= 0.3 is 0 Å². The molecule has 0 aromatic heterocycles. The first-order valence-corrected chi connectivity index (χ1v) is 13.1. The first-order valence-electron chi connectivity index (χ1n) is 13.1. The average molecular weight is 521 g/mol. The van der Waals surface area contributed by atoms with Crippen molar-refractivity contribution in [3.8, 4) is 23.0 Å². The largest absolute Gasteiger partial charge is 0.497 e. The number of methoxy groups -OCH3 is 4. The van der Waals surface area contributed by atoms with Gasteiger partial charge in [-0.05, 0) is 101 Å². The molecule has 0 unspecified atom stereocenters. The van der Waals surface area contributed by atoms with Gasteiger partial charge in [0.25, 0.3) is 0 Å². The van der Waals surface area contributed by atoms with Gasteiger partial charge in [-0.15, -0.1) is 0 Å². The molecule has 0 aliphatic rings. The van der Waals surface area contributed by atoms with Gasteiger partial charge < -0.3 is 18.9 Å². The van der Waals surface area contributed by atoms with Gasteiger partial charge in [0, 0.05) is 0 Å². The molecule has 4 rings (SSSR count). The Morgan fingerprint density at radius 1 is 0.410 bits per heavy atom. The van der Waals surface area contributed by atoms with Crippen LogP contribution in [0.3, 0.4) is 0 Å². The van der Waals surface area contributed by atoms with Crippen molar-refractivity contribution in [1.82, 2.24) is 0 Å². The maximum absolute atomic E-state index is 5.36. The number of ether oxygens (including phenoxy) is 4. The summed E-state index contributed by atoms with van der Waals surface area (Å²) >= 11 is 0. The maximum Gasteiger partial charge on any atom is 0.118 e. The highest BCUT2D eigenvalue weighted by atomic mass is 16.5. The van der Waals surface area contributed by atoms with Crippen molar-refractivity contribution in [3.63, 3.8) is 0 Å². The minimum absolute atomic E-state index is 0.850. The number of benzene rings is 4. The van der Waals surface area contributed by atoms with Crippen LogP contribution >= 0.6 is 0 Å². The summed E-state index contributed by atoms with van der Waals surface area (Å²) in [5, 5.41) is 0. The molecule has 0 fully saturated rings. The summed E-state index contributed by atoms with van der Waals surface area (Å²) in [5.74, 6) is 3.40. The number of hydrogen-bond acceptors (Lipinski definition) is 4. The van der Waals surface area contributed by atoms with E-state index in [4.69, 9.17) is 18.9 Å². The van der Waals surface area contributed by atoms with Crippen LogP contribution in [-0.2, 0) is 0 Å². The first-order chi connectivity index (χ1) is 19.1. The molecule has 0 aliphatic heterocycles. The Bertz CT molecular complexity index is 1160. The molecule has 4 nitrogen and oxygen atoms in total. The maximum atomic E-state index is 5.36. The molecule has 0 spiro atoms. The standard InChI is InChI=1S/C35H36O4/c1-36-30-18-10-26(11-19-30)34(27-12-20-31(37-2)21-13-27)8-6-5-7-9-35(28-14-22-32(38-3)23-15-28)29-16-24-33(39-4)25-17-29/h8-25H,5-7H2,1-4H3. The molecule has 0 atom stereocenters. The van der Waals surface area contributed by atoms with Crippen molar-refractivity contribution >= 4 is 11.1 Å². The smallest absolute Gasteiger partial charge is 0.118 e. The molecule has 0 saturated carbocycles. The van der Waals surface area contributed by atoms with E-state index in [1.165, 1.54) is 11.1 Å². The van der Waals surface area contributed by atoms with E-state index in [0.29, 0.717) is 0 Å². The highest BCUT2D eigenvalue weighted by Gasteiger charge is 2.08. The summed E-state index contributed by atoms with van der Waals surface area (Å²) in [4.78, 5) is 0. The molecule has 0 amide bonds. The second-order valence-electron chi connectivity index (χ2n) is 9.08. The van der Waals surface area contributed by atoms with Gasteiger partial charge in [-0.2, -0.15) is 0 Å². The van der Waals surface area contributed by atoms with Gasteiger partial charge in [0.05, 0.1) is 28.4 Å². The third-order valence-electron chi connectivity index (χ3n) is 6.71. The Kier molecular flexibility index (Phi) is 9.85. The normalized spacial score (nSPS) is 10.4. The Hall–Kier alpha value is -4.44. The SMILES string of the molecule is COc1ccc(C(=CCCCC=C(c2ccc(OC)cc2)c2ccc(OC)cc2)c2ccc(OC)cc2)cc1. The lowest BCUT2D eigenvalue weighted by atomic mass is 9.94. The summed E-state index contributed by atoms with van der Waals surface area (Å²) < 4.78 is 21.5. The number of rotatable bonds is 12. The van der Waals surface area contributed by atoms with E-state index in [1.54, 1.807) is 28.4 Å². The molecule has 0 heterocycles. The minimum Gasteiger partial charge on any atom is -0.497 e. The van der Waals surface area contributed by atoms with Crippen LogP contribution in [0.4, 0.5) is 0 Å². The molecular weight excluding hydrogens is 484 g/mol. The lowest BCUT2D eigenvalue weighted by Crippen LogP contribution is -1.92. The van der Waals surface area contributed by atoms with Crippen LogP contribution in [0.15, 0.2) is 109 Å². The van der Waals surface area contributed by atoms with Crippen molar-refractivity contribution < 1.29 is 18.9 Å². The van der Waals surface area contributed by atoms with Crippen LogP contribution in [-0.4, -0.2) is 28.4 Å². The van der Waals surface area contributed by atoms with E-state index in [2.05, 4.69) is 60.7 Å². The van der Waals surface area contributed by atoms with E-state index in [-0.39, 0.29) is 0 Å². The zero-order valence-electron chi connectivity index (χ0n) is 23.1. The van der Waals surface area contributed by atoms with E-state index < -0.39 is 0 Å². The van der Waals surface area contributed by atoms with Crippen LogP contribution in [0.2, 0.25) is 0 Å². The molecule has 4 heteroatoms. The number of hydrogen-bond donors (Lipinski definition) is 0. The molecule has 0 bridgehead atoms. The van der Waals surface area contributed by atoms with Gasteiger partial charge in [0.2, 0.25) is 0 Å². The van der Waals surface area contributed by atoms with E-state index in [9.17, 15) is 0 Å². The van der Waals surface area contributed by atoms with Crippen LogP contribution in [0.5, 0.6) is 23.0 Å². The molecular formula is C35H36O4. The van der Waals surface area contributed by atoms with Gasteiger partial charge in [-0.25, -0.2) is 0 Å². The third kappa shape index (κ3) is 7.32. The van der Waals surface area contributed by atoms with Crippen molar-refractivity contribution in [2.75, 3.05) is 28.4 Å². The second-order valence-corrected chi connectivity index (χ2v) is 9.08. The van der Waals surface area contributed by atoms with Crippen molar-refractivity contribution in [1.29, 1.82) is 0 Å².